The molecule has 1 N–H and O–H groups in total. The lowest BCUT2D eigenvalue weighted by Gasteiger charge is -2.12. The highest BCUT2D eigenvalue weighted by Crippen LogP contribution is 2.31. The van der Waals surface area contributed by atoms with Gasteiger partial charge in [-0.15, -0.1) is 11.6 Å². The zero-order valence-electron chi connectivity index (χ0n) is 7.76. The Kier molecular flexibility index (Phi) is 3.99. The molecule has 0 aliphatic rings. The predicted octanol–water partition coefficient (Wildman–Crippen LogP) is 3.37. The molecular weight excluding hydrogens is 229 g/mol. The van der Waals surface area contributed by atoms with Gasteiger partial charge in [-0.25, -0.2) is 0 Å². The van der Waals surface area contributed by atoms with Crippen LogP contribution >= 0.6 is 11.6 Å². The summed E-state index contributed by atoms with van der Waals surface area (Å²) in [4.78, 5) is 0. The van der Waals surface area contributed by atoms with Gasteiger partial charge in [0.15, 0.2) is 0 Å². The molecule has 0 bridgehead atoms. The molecule has 0 fully saturated rings. The van der Waals surface area contributed by atoms with Gasteiger partial charge in [0, 0.05) is 5.88 Å². The Hall–Kier alpha value is -0.740. The van der Waals surface area contributed by atoms with Crippen LogP contribution in [0.4, 0.5) is 13.2 Å². The van der Waals surface area contributed by atoms with Crippen molar-refractivity contribution in [2.75, 3.05) is 5.88 Å². The van der Waals surface area contributed by atoms with Crippen LogP contribution in [0.15, 0.2) is 24.3 Å². The van der Waals surface area contributed by atoms with E-state index in [0.717, 1.165) is 12.1 Å². The molecule has 0 heterocycles. The summed E-state index contributed by atoms with van der Waals surface area (Å²) >= 11 is 5.39. The molecule has 15 heavy (non-hydrogen) atoms. The highest BCUT2D eigenvalue weighted by molar-refractivity contribution is 6.17. The topological polar surface area (TPSA) is 20.2 Å². The number of hydrogen-bond acceptors (Lipinski definition) is 1. The number of aliphatic hydroxyl groups is 1. The fraction of sp³-hybridized carbons (Fsp3) is 0.400. The molecule has 0 aromatic heterocycles. The van der Waals surface area contributed by atoms with Crippen LogP contribution in [-0.4, -0.2) is 11.0 Å². The van der Waals surface area contributed by atoms with Crippen LogP contribution in [0, 0.1) is 0 Å². The minimum Gasteiger partial charge on any atom is -0.388 e. The standard InChI is InChI=1S/C10H10ClF3O/c11-5-4-9(15)7-2-1-3-8(6-7)10(12,13)14/h1-3,6,9,15H,4-5H2/t9-/m0/s1. The van der Waals surface area contributed by atoms with Gasteiger partial charge in [0.1, 0.15) is 0 Å². The zero-order valence-corrected chi connectivity index (χ0v) is 8.52. The van der Waals surface area contributed by atoms with E-state index in [2.05, 4.69) is 0 Å². The summed E-state index contributed by atoms with van der Waals surface area (Å²) in [5.74, 6) is 0.206. The van der Waals surface area contributed by atoms with Gasteiger partial charge in [0.05, 0.1) is 11.7 Å². The molecule has 0 saturated carbocycles. The maximum atomic E-state index is 12.3. The summed E-state index contributed by atoms with van der Waals surface area (Å²) in [7, 11) is 0. The molecule has 0 unspecified atom stereocenters. The average molecular weight is 239 g/mol. The molecule has 0 radical (unpaired) electrons. The molecule has 84 valence electrons. The third-order valence-corrected chi connectivity index (χ3v) is 2.20. The Bertz CT molecular complexity index is 325. The van der Waals surface area contributed by atoms with Crippen molar-refractivity contribution in [3.05, 3.63) is 35.4 Å². The molecule has 1 rings (SSSR count). The SMILES string of the molecule is O[C@@H](CCCl)c1cccc(C(F)(F)F)c1. The number of benzene rings is 1. The van der Waals surface area contributed by atoms with E-state index in [0.29, 0.717) is 0 Å². The van der Waals surface area contributed by atoms with Crippen molar-refractivity contribution < 1.29 is 18.3 Å². The highest BCUT2D eigenvalue weighted by atomic mass is 35.5. The van der Waals surface area contributed by atoms with Crippen LogP contribution in [0.1, 0.15) is 23.7 Å². The molecule has 0 saturated heterocycles. The third kappa shape index (κ3) is 3.39. The lowest BCUT2D eigenvalue weighted by molar-refractivity contribution is -0.137. The number of hydrogen-bond donors (Lipinski definition) is 1. The fourth-order valence-electron chi connectivity index (χ4n) is 1.19. The fourth-order valence-corrected chi connectivity index (χ4v) is 1.40. The van der Waals surface area contributed by atoms with E-state index in [1.807, 2.05) is 0 Å². The Morgan fingerprint density at radius 1 is 1.33 bits per heavy atom. The van der Waals surface area contributed by atoms with Crippen LogP contribution in [0.25, 0.3) is 0 Å². The molecule has 1 nitrogen and oxygen atoms in total. The smallest absolute Gasteiger partial charge is 0.388 e. The largest absolute Gasteiger partial charge is 0.416 e. The van der Waals surface area contributed by atoms with Crippen molar-refractivity contribution in [2.24, 2.45) is 0 Å². The van der Waals surface area contributed by atoms with Gasteiger partial charge in [-0.1, -0.05) is 12.1 Å². The van der Waals surface area contributed by atoms with E-state index in [1.165, 1.54) is 12.1 Å². The maximum absolute atomic E-state index is 12.3. The lowest BCUT2D eigenvalue weighted by Crippen LogP contribution is -2.07. The van der Waals surface area contributed by atoms with Gasteiger partial charge in [-0.3, -0.25) is 0 Å². The quantitative estimate of drug-likeness (QED) is 0.801. The van der Waals surface area contributed by atoms with Gasteiger partial charge in [-0.05, 0) is 24.1 Å². The molecular formula is C10H10ClF3O. The van der Waals surface area contributed by atoms with Crippen molar-refractivity contribution in [3.63, 3.8) is 0 Å². The highest BCUT2D eigenvalue weighted by Gasteiger charge is 2.30. The van der Waals surface area contributed by atoms with E-state index in [1.54, 1.807) is 0 Å². The first-order chi connectivity index (χ1) is 6.95. The Morgan fingerprint density at radius 3 is 2.53 bits per heavy atom. The summed E-state index contributed by atoms with van der Waals surface area (Å²) in [6.45, 7) is 0. The van der Waals surface area contributed by atoms with E-state index in [-0.39, 0.29) is 17.9 Å². The minimum absolute atomic E-state index is 0.206. The Morgan fingerprint density at radius 2 is 2.00 bits per heavy atom. The van der Waals surface area contributed by atoms with Crippen molar-refractivity contribution in [3.8, 4) is 0 Å². The summed E-state index contributed by atoms with van der Waals surface area (Å²) < 4.78 is 36.9. The summed E-state index contributed by atoms with van der Waals surface area (Å²) in [6, 6.07) is 4.64. The van der Waals surface area contributed by atoms with Gasteiger partial charge >= 0.3 is 6.18 Å². The second-order valence-corrected chi connectivity index (χ2v) is 3.49. The van der Waals surface area contributed by atoms with Crippen LogP contribution in [0.5, 0.6) is 0 Å². The van der Waals surface area contributed by atoms with Crippen molar-refractivity contribution in [1.82, 2.24) is 0 Å². The average Bonchev–Trinajstić information content (AvgIpc) is 2.17. The van der Waals surface area contributed by atoms with Gasteiger partial charge in [0.25, 0.3) is 0 Å². The van der Waals surface area contributed by atoms with Crippen LogP contribution in [0.2, 0.25) is 0 Å². The lowest BCUT2D eigenvalue weighted by atomic mass is 10.0. The van der Waals surface area contributed by atoms with E-state index in [9.17, 15) is 18.3 Å². The minimum atomic E-state index is -4.38. The first-order valence-electron chi connectivity index (χ1n) is 4.36. The normalized spacial score (nSPS) is 13.9. The van der Waals surface area contributed by atoms with Crippen LogP contribution < -0.4 is 0 Å². The van der Waals surface area contributed by atoms with Gasteiger partial charge in [0.2, 0.25) is 0 Å². The molecule has 0 spiro atoms. The van der Waals surface area contributed by atoms with E-state index in [4.69, 9.17) is 11.6 Å². The molecule has 1 aromatic carbocycles. The summed E-state index contributed by atoms with van der Waals surface area (Å²) in [5.41, 5.74) is -0.515. The molecule has 5 heteroatoms. The number of alkyl halides is 4. The molecule has 0 aliphatic heterocycles. The van der Waals surface area contributed by atoms with Gasteiger partial charge in [-0.2, -0.15) is 13.2 Å². The van der Waals surface area contributed by atoms with Crippen molar-refractivity contribution in [1.29, 1.82) is 0 Å². The van der Waals surface area contributed by atoms with Crippen molar-refractivity contribution in [2.45, 2.75) is 18.7 Å². The molecule has 0 aliphatic carbocycles. The first kappa shape index (κ1) is 12.3. The third-order valence-electron chi connectivity index (χ3n) is 1.98. The summed E-state index contributed by atoms with van der Waals surface area (Å²) in [6.07, 6.45) is -5.08. The summed E-state index contributed by atoms with van der Waals surface area (Å²) in [5, 5.41) is 9.46. The van der Waals surface area contributed by atoms with Crippen molar-refractivity contribution >= 4 is 11.6 Å². The number of aliphatic hydroxyl groups excluding tert-OH is 1. The molecule has 1 aromatic rings. The van der Waals surface area contributed by atoms with E-state index >= 15 is 0 Å². The van der Waals surface area contributed by atoms with Crippen LogP contribution in [0.3, 0.4) is 0 Å². The Balaban J connectivity index is 2.92. The first-order valence-corrected chi connectivity index (χ1v) is 4.90. The predicted molar refractivity (Wildman–Crippen MR) is 51.7 cm³/mol. The molecule has 1 atom stereocenters. The molecule has 0 amide bonds. The second-order valence-electron chi connectivity index (χ2n) is 3.12. The number of halogens is 4. The monoisotopic (exact) mass is 238 g/mol. The van der Waals surface area contributed by atoms with Gasteiger partial charge < -0.3 is 5.11 Å². The van der Waals surface area contributed by atoms with E-state index < -0.39 is 17.8 Å². The second kappa shape index (κ2) is 4.86. The Labute approximate surface area is 90.5 Å². The zero-order chi connectivity index (χ0) is 11.5. The number of rotatable bonds is 3. The van der Waals surface area contributed by atoms with Crippen LogP contribution in [-0.2, 0) is 6.18 Å². The maximum Gasteiger partial charge on any atom is 0.416 e.